The first-order chi connectivity index (χ1) is 15.2. The van der Waals surface area contributed by atoms with Crippen LogP contribution in [0.4, 0.5) is 5.13 Å². The van der Waals surface area contributed by atoms with Crippen LogP contribution in [0.3, 0.4) is 0 Å². The van der Waals surface area contributed by atoms with Gasteiger partial charge in [0.05, 0.1) is 11.9 Å². The molecule has 9 heteroatoms. The lowest BCUT2D eigenvalue weighted by atomic mass is 9.94. The van der Waals surface area contributed by atoms with Gasteiger partial charge in [-0.2, -0.15) is 0 Å². The van der Waals surface area contributed by atoms with Gasteiger partial charge in [0.1, 0.15) is 5.01 Å². The second-order valence-corrected chi connectivity index (χ2v) is 9.50. The molecular weight excluding hydrogens is 410 g/mol. The Hall–Kier alpha value is -2.81. The topological polar surface area (TPSA) is 99.7 Å². The van der Waals surface area contributed by atoms with E-state index in [0.717, 1.165) is 67.4 Å². The number of anilines is 1. The Morgan fingerprint density at radius 2 is 1.94 bits per heavy atom. The summed E-state index contributed by atoms with van der Waals surface area (Å²) in [6.45, 7) is 1.61. The van der Waals surface area contributed by atoms with Gasteiger partial charge in [0.2, 0.25) is 11.0 Å². The number of rotatable bonds is 7. The Morgan fingerprint density at radius 1 is 1.16 bits per heavy atom. The summed E-state index contributed by atoms with van der Waals surface area (Å²) in [5.41, 5.74) is 3.93. The van der Waals surface area contributed by atoms with Crippen molar-refractivity contribution in [3.05, 3.63) is 52.3 Å². The van der Waals surface area contributed by atoms with Crippen molar-refractivity contribution in [3.8, 4) is 0 Å². The Morgan fingerprint density at radius 3 is 2.65 bits per heavy atom. The van der Waals surface area contributed by atoms with E-state index in [9.17, 15) is 4.79 Å². The van der Waals surface area contributed by atoms with E-state index in [1.165, 1.54) is 11.1 Å². The highest BCUT2D eigenvalue weighted by molar-refractivity contribution is 7.15. The van der Waals surface area contributed by atoms with Gasteiger partial charge in [0, 0.05) is 37.9 Å². The molecule has 0 atom stereocenters. The van der Waals surface area contributed by atoms with Crippen LogP contribution in [0.5, 0.6) is 0 Å². The van der Waals surface area contributed by atoms with E-state index in [2.05, 4.69) is 55.2 Å². The monoisotopic (exact) mass is 437 g/mol. The Balaban J connectivity index is 1.03. The number of hydrogen-bond acceptors (Lipinski definition) is 7. The smallest absolute Gasteiger partial charge is 0.222 e. The summed E-state index contributed by atoms with van der Waals surface area (Å²) < 4.78 is 0. The summed E-state index contributed by atoms with van der Waals surface area (Å²) in [4.78, 5) is 14.6. The third-order valence-corrected chi connectivity index (χ3v) is 7.26. The van der Waals surface area contributed by atoms with Crippen LogP contribution in [0.2, 0.25) is 0 Å². The molecule has 3 heterocycles. The van der Waals surface area contributed by atoms with E-state index >= 15 is 0 Å². The summed E-state index contributed by atoms with van der Waals surface area (Å²) in [7, 11) is 0. The average molecular weight is 438 g/mol. The van der Waals surface area contributed by atoms with Gasteiger partial charge in [-0.1, -0.05) is 40.8 Å². The van der Waals surface area contributed by atoms with Crippen LogP contribution < -0.4 is 5.32 Å². The van der Waals surface area contributed by atoms with Crippen LogP contribution in [0, 0.1) is 0 Å². The van der Waals surface area contributed by atoms with Crippen LogP contribution in [-0.2, 0) is 24.1 Å². The zero-order chi connectivity index (χ0) is 21.0. The molecule has 1 fully saturated rings. The van der Waals surface area contributed by atoms with Gasteiger partial charge < -0.3 is 10.2 Å². The normalized spacial score (nSPS) is 17.1. The number of aryl methyl sites for hydroxylation is 1. The number of benzene rings is 1. The summed E-state index contributed by atoms with van der Waals surface area (Å²) in [6.07, 6.45) is 7.97. The first kappa shape index (κ1) is 20.1. The Kier molecular flexibility index (Phi) is 5.93. The maximum absolute atomic E-state index is 12.6. The number of fused-ring (bicyclic) bond motifs is 1. The molecule has 0 unspecified atom stereocenters. The zero-order valence-corrected chi connectivity index (χ0v) is 18.3. The van der Waals surface area contributed by atoms with Crippen LogP contribution in [0.15, 0.2) is 30.5 Å². The van der Waals surface area contributed by atoms with E-state index in [1.54, 1.807) is 17.5 Å². The van der Waals surface area contributed by atoms with Crippen molar-refractivity contribution in [1.29, 1.82) is 0 Å². The molecule has 0 saturated carbocycles. The number of carbonyl (C=O) groups is 1. The van der Waals surface area contributed by atoms with Crippen molar-refractivity contribution in [2.45, 2.75) is 56.9 Å². The van der Waals surface area contributed by atoms with Crippen LogP contribution >= 0.6 is 11.3 Å². The predicted molar refractivity (Wildman–Crippen MR) is 119 cm³/mol. The minimum absolute atomic E-state index is 0.243. The van der Waals surface area contributed by atoms with Crippen molar-refractivity contribution in [3.63, 3.8) is 0 Å². The molecular formula is C22H27N7OS. The van der Waals surface area contributed by atoms with Crippen molar-refractivity contribution >= 4 is 22.4 Å². The van der Waals surface area contributed by atoms with Crippen molar-refractivity contribution in [1.82, 2.24) is 30.5 Å². The highest BCUT2D eigenvalue weighted by Crippen LogP contribution is 2.27. The third kappa shape index (κ3) is 4.76. The molecule has 3 aromatic rings. The Bertz CT molecular complexity index is 986. The first-order valence-corrected chi connectivity index (χ1v) is 11.9. The number of nitrogens with zero attached hydrogens (tertiary/aromatic N) is 5. The first-order valence-electron chi connectivity index (χ1n) is 11.0. The molecule has 0 spiro atoms. The fraction of sp³-hybridized carbons (Fsp3) is 0.500. The number of nitrogens with one attached hydrogen (secondary N) is 2. The maximum Gasteiger partial charge on any atom is 0.222 e. The lowest BCUT2D eigenvalue weighted by Gasteiger charge is -2.31. The number of amides is 1. The SMILES string of the molecule is O=C(CCCc1nnc(NC2Cc3ccccc3C2)s1)N1CCC(c2cnn[nH]2)CC1. The number of H-pyrrole nitrogens is 1. The minimum Gasteiger partial charge on any atom is -0.357 e. The fourth-order valence-electron chi connectivity index (χ4n) is 4.64. The van der Waals surface area contributed by atoms with E-state index < -0.39 is 0 Å². The molecule has 31 heavy (non-hydrogen) atoms. The van der Waals surface area contributed by atoms with E-state index in [4.69, 9.17) is 0 Å². The Labute approximate surface area is 185 Å². The van der Waals surface area contributed by atoms with E-state index in [1.807, 2.05) is 4.90 Å². The summed E-state index contributed by atoms with van der Waals surface area (Å²) in [5.74, 6) is 0.673. The van der Waals surface area contributed by atoms with Gasteiger partial charge in [-0.3, -0.25) is 9.89 Å². The van der Waals surface area contributed by atoms with Gasteiger partial charge >= 0.3 is 0 Å². The van der Waals surface area contributed by atoms with Crippen molar-refractivity contribution in [2.24, 2.45) is 0 Å². The van der Waals surface area contributed by atoms with Crippen LogP contribution in [0.25, 0.3) is 0 Å². The standard InChI is InChI=1S/C22H27N7OS/c30-21(29-10-8-15(9-11-29)19-14-23-28-25-19)7-3-6-20-26-27-22(31-20)24-18-12-16-4-1-2-5-17(16)13-18/h1-2,4-5,14-15,18H,3,6-13H2,(H,24,27)(H,23,25,28). The van der Waals surface area contributed by atoms with E-state index in [0.29, 0.717) is 18.4 Å². The molecule has 2 aromatic heterocycles. The van der Waals surface area contributed by atoms with Crippen molar-refractivity contribution < 1.29 is 4.79 Å². The molecule has 1 saturated heterocycles. The quantitative estimate of drug-likeness (QED) is 0.590. The van der Waals surface area contributed by atoms with E-state index in [-0.39, 0.29) is 5.91 Å². The largest absolute Gasteiger partial charge is 0.357 e. The molecule has 1 amide bonds. The fourth-order valence-corrected chi connectivity index (χ4v) is 5.50. The van der Waals surface area contributed by atoms with Gasteiger partial charge in [-0.05, 0) is 43.2 Å². The summed E-state index contributed by atoms with van der Waals surface area (Å²) in [6, 6.07) is 9.00. The molecule has 5 rings (SSSR count). The van der Waals surface area contributed by atoms with Gasteiger partial charge in [0.25, 0.3) is 0 Å². The number of aromatic nitrogens is 5. The minimum atomic E-state index is 0.243. The number of likely N-dealkylation sites (tertiary alicyclic amines) is 1. The van der Waals surface area contributed by atoms with Gasteiger partial charge in [0.15, 0.2) is 0 Å². The summed E-state index contributed by atoms with van der Waals surface area (Å²) in [5, 5.41) is 24.6. The molecule has 1 aliphatic carbocycles. The molecule has 1 aliphatic heterocycles. The highest BCUT2D eigenvalue weighted by atomic mass is 32.1. The van der Waals surface area contributed by atoms with Crippen molar-refractivity contribution in [2.75, 3.05) is 18.4 Å². The second-order valence-electron chi connectivity index (χ2n) is 8.44. The predicted octanol–water partition coefficient (Wildman–Crippen LogP) is 2.96. The lowest BCUT2D eigenvalue weighted by Crippen LogP contribution is -2.37. The van der Waals surface area contributed by atoms with Crippen LogP contribution in [0.1, 0.15) is 53.4 Å². The lowest BCUT2D eigenvalue weighted by molar-refractivity contribution is -0.132. The number of hydrogen-bond donors (Lipinski definition) is 2. The molecule has 0 radical (unpaired) electrons. The van der Waals surface area contributed by atoms with Gasteiger partial charge in [-0.15, -0.1) is 15.3 Å². The number of piperidine rings is 1. The highest BCUT2D eigenvalue weighted by Gasteiger charge is 2.25. The zero-order valence-electron chi connectivity index (χ0n) is 17.5. The molecule has 8 nitrogen and oxygen atoms in total. The molecule has 1 aromatic carbocycles. The molecule has 2 aliphatic rings. The molecule has 0 bridgehead atoms. The van der Waals surface area contributed by atoms with Crippen LogP contribution in [-0.4, -0.2) is 55.5 Å². The molecule has 2 N–H and O–H groups in total. The third-order valence-electron chi connectivity index (χ3n) is 6.35. The summed E-state index contributed by atoms with van der Waals surface area (Å²) >= 11 is 1.61. The average Bonchev–Trinajstić information content (AvgIpc) is 3.55. The molecule has 162 valence electrons. The maximum atomic E-state index is 12.6. The number of carbonyl (C=O) groups excluding carboxylic acids is 1. The number of aromatic amines is 1. The van der Waals surface area contributed by atoms with Gasteiger partial charge in [-0.25, -0.2) is 0 Å². The second kappa shape index (κ2) is 9.13.